The Morgan fingerprint density at radius 2 is 0.882 bits per heavy atom. The zero-order valence-electron chi connectivity index (χ0n) is 19.6. The predicted octanol–water partition coefficient (Wildman–Crippen LogP) is 1.34. The van der Waals surface area contributed by atoms with E-state index in [1.807, 2.05) is 0 Å². The van der Waals surface area contributed by atoms with Crippen LogP contribution in [0.15, 0.2) is 34.5 Å². The summed E-state index contributed by atoms with van der Waals surface area (Å²) in [5, 5.41) is 7.53. The highest BCUT2D eigenvalue weighted by molar-refractivity contribution is 6.35. The lowest BCUT2D eigenvalue weighted by Gasteiger charge is -2.12. The molecule has 0 aliphatic heterocycles. The van der Waals surface area contributed by atoms with Gasteiger partial charge < -0.3 is 28.4 Å². The Labute approximate surface area is 196 Å². The van der Waals surface area contributed by atoms with Gasteiger partial charge in [-0.25, -0.2) is 10.9 Å². The Hall–Kier alpha value is -4.48. The molecule has 12 heteroatoms. The Balaban J connectivity index is 2.02. The van der Waals surface area contributed by atoms with E-state index in [0.717, 1.165) is 0 Å². The number of amides is 2. The second-order valence-corrected chi connectivity index (χ2v) is 6.32. The molecule has 12 nitrogen and oxygen atoms in total. The van der Waals surface area contributed by atoms with Crippen LogP contribution in [0, 0.1) is 0 Å². The largest absolute Gasteiger partial charge is 0.493 e. The molecule has 0 radical (unpaired) electrons. The first kappa shape index (κ1) is 25.8. The van der Waals surface area contributed by atoms with Crippen molar-refractivity contribution in [2.75, 3.05) is 42.7 Å². The van der Waals surface area contributed by atoms with E-state index >= 15 is 0 Å². The number of carbonyl (C=O) groups is 2. The molecule has 0 bridgehead atoms. The van der Waals surface area contributed by atoms with E-state index in [4.69, 9.17) is 28.4 Å². The molecule has 0 aliphatic rings. The maximum absolute atomic E-state index is 12.0. The minimum absolute atomic E-state index is 0.411. The Morgan fingerprint density at radius 1 is 0.588 bits per heavy atom. The third-order valence-electron chi connectivity index (χ3n) is 4.34. The molecule has 0 fully saturated rings. The smallest absolute Gasteiger partial charge is 0.331 e. The second-order valence-electron chi connectivity index (χ2n) is 6.32. The molecule has 34 heavy (non-hydrogen) atoms. The van der Waals surface area contributed by atoms with Gasteiger partial charge in [0.25, 0.3) is 0 Å². The van der Waals surface area contributed by atoms with Gasteiger partial charge in [-0.1, -0.05) is 0 Å². The minimum atomic E-state index is -1.02. The van der Waals surface area contributed by atoms with Crippen molar-refractivity contribution in [1.29, 1.82) is 0 Å². The fourth-order valence-electron chi connectivity index (χ4n) is 2.78. The van der Waals surface area contributed by atoms with Crippen molar-refractivity contribution < 1.29 is 38.0 Å². The highest BCUT2D eigenvalue weighted by Crippen LogP contribution is 2.38. The summed E-state index contributed by atoms with van der Waals surface area (Å²) in [6.45, 7) is 0. The van der Waals surface area contributed by atoms with Crippen molar-refractivity contribution in [3.8, 4) is 34.5 Å². The van der Waals surface area contributed by atoms with E-state index in [-0.39, 0.29) is 0 Å². The Kier molecular flexibility index (Phi) is 9.50. The van der Waals surface area contributed by atoms with Crippen LogP contribution in [0.4, 0.5) is 0 Å². The van der Waals surface area contributed by atoms with Crippen molar-refractivity contribution in [3.63, 3.8) is 0 Å². The first-order valence-electron chi connectivity index (χ1n) is 9.68. The summed E-state index contributed by atoms with van der Waals surface area (Å²) >= 11 is 0. The van der Waals surface area contributed by atoms with Gasteiger partial charge in [-0.3, -0.25) is 9.59 Å². The number of methoxy groups -OCH3 is 6. The van der Waals surface area contributed by atoms with E-state index < -0.39 is 11.8 Å². The number of nitrogens with one attached hydrogen (secondary N) is 2. The maximum atomic E-state index is 12.0. The number of carbonyl (C=O) groups excluding carboxylic acids is 2. The van der Waals surface area contributed by atoms with Gasteiger partial charge in [0, 0.05) is 11.1 Å². The van der Waals surface area contributed by atoms with Crippen LogP contribution in [-0.4, -0.2) is 66.9 Å². The third kappa shape index (κ3) is 6.28. The topological polar surface area (TPSA) is 138 Å². The highest BCUT2D eigenvalue weighted by atomic mass is 16.5. The van der Waals surface area contributed by atoms with Gasteiger partial charge in [0.15, 0.2) is 23.0 Å². The van der Waals surface area contributed by atoms with Gasteiger partial charge >= 0.3 is 11.8 Å². The lowest BCUT2D eigenvalue weighted by Crippen LogP contribution is -2.35. The summed E-state index contributed by atoms with van der Waals surface area (Å²) in [6, 6.07) is 6.50. The van der Waals surface area contributed by atoms with Crippen molar-refractivity contribution in [2.24, 2.45) is 10.2 Å². The van der Waals surface area contributed by atoms with E-state index in [9.17, 15) is 9.59 Å². The number of hydrazone groups is 2. The summed E-state index contributed by atoms with van der Waals surface area (Å²) in [7, 11) is 8.87. The molecule has 2 aromatic rings. The van der Waals surface area contributed by atoms with Gasteiger partial charge in [0.2, 0.25) is 11.5 Å². The quantitative estimate of drug-likeness (QED) is 0.299. The molecule has 0 spiro atoms. The van der Waals surface area contributed by atoms with Gasteiger partial charge in [0.1, 0.15) is 0 Å². The number of hydrogen-bond acceptors (Lipinski definition) is 10. The molecule has 0 atom stereocenters. The summed E-state index contributed by atoms with van der Waals surface area (Å²) in [4.78, 5) is 23.9. The van der Waals surface area contributed by atoms with Gasteiger partial charge in [-0.2, -0.15) is 10.2 Å². The molecular weight excluding hydrogens is 448 g/mol. The molecule has 0 aromatic heterocycles. The van der Waals surface area contributed by atoms with Crippen molar-refractivity contribution in [1.82, 2.24) is 10.9 Å². The second kappa shape index (κ2) is 12.5. The van der Waals surface area contributed by atoms with E-state index in [2.05, 4.69) is 21.1 Å². The predicted molar refractivity (Wildman–Crippen MR) is 124 cm³/mol. The van der Waals surface area contributed by atoms with Crippen molar-refractivity contribution in [3.05, 3.63) is 35.4 Å². The lowest BCUT2D eigenvalue weighted by atomic mass is 10.2. The average molecular weight is 474 g/mol. The standard InChI is InChI=1S/C22H26N4O8/c1-29-15-7-13(8-16(30-2)19(15)33-5)11-23-25-21(27)22(28)26-24-12-14-9-17(31-3)20(34-6)18(10-14)32-4/h7-12H,1-6H3,(H,25,27)(H,26,28)/b23-11-,24-12+. The first-order valence-corrected chi connectivity index (χ1v) is 9.68. The number of ether oxygens (including phenoxy) is 6. The average Bonchev–Trinajstić information content (AvgIpc) is 2.86. The normalized spacial score (nSPS) is 10.6. The SMILES string of the molecule is COc1cc(/C=N\NC(=O)C(=O)N/N=C/c2cc(OC)c(OC)c(OC)c2)cc(OC)c1OC. The summed E-state index contributed by atoms with van der Waals surface area (Å²) < 4.78 is 31.5. The van der Waals surface area contributed by atoms with Gasteiger partial charge in [0.05, 0.1) is 55.1 Å². The number of benzene rings is 2. The third-order valence-corrected chi connectivity index (χ3v) is 4.34. The number of rotatable bonds is 10. The molecule has 2 aromatic carbocycles. The molecule has 2 N–H and O–H groups in total. The molecule has 0 aliphatic carbocycles. The van der Waals surface area contributed by atoms with Crippen LogP contribution in [0.1, 0.15) is 11.1 Å². The zero-order valence-corrected chi connectivity index (χ0v) is 19.6. The monoisotopic (exact) mass is 474 g/mol. The minimum Gasteiger partial charge on any atom is -0.493 e. The fraction of sp³-hybridized carbons (Fsp3) is 0.273. The number of hydrogen-bond donors (Lipinski definition) is 2. The molecule has 182 valence electrons. The van der Waals surface area contributed by atoms with E-state index in [1.165, 1.54) is 55.1 Å². The van der Waals surface area contributed by atoms with Crippen LogP contribution in [0.5, 0.6) is 34.5 Å². The van der Waals surface area contributed by atoms with Crippen molar-refractivity contribution >= 4 is 24.2 Å². The molecule has 0 heterocycles. The lowest BCUT2D eigenvalue weighted by molar-refractivity contribution is -0.139. The Morgan fingerprint density at radius 3 is 1.12 bits per heavy atom. The van der Waals surface area contributed by atoms with Crippen LogP contribution in [0.25, 0.3) is 0 Å². The molecule has 2 rings (SSSR count). The summed E-state index contributed by atoms with van der Waals surface area (Å²) in [5.41, 5.74) is 5.29. The van der Waals surface area contributed by atoms with E-state index in [1.54, 1.807) is 24.3 Å². The van der Waals surface area contributed by atoms with E-state index in [0.29, 0.717) is 45.6 Å². The van der Waals surface area contributed by atoms with Crippen LogP contribution in [-0.2, 0) is 9.59 Å². The Bertz CT molecular complexity index is 949. The maximum Gasteiger partial charge on any atom is 0.331 e. The van der Waals surface area contributed by atoms with Crippen LogP contribution in [0.3, 0.4) is 0 Å². The fourth-order valence-corrected chi connectivity index (χ4v) is 2.78. The molecule has 0 saturated carbocycles. The number of nitrogens with zero attached hydrogens (tertiary/aromatic N) is 2. The van der Waals surface area contributed by atoms with Gasteiger partial charge in [-0.15, -0.1) is 0 Å². The molecule has 2 amide bonds. The molecule has 0 saturated heterocycles. The first-order chi connectivity index (χ1) is 16.4. The van der Waals surface area contributed by atoms with Gasteiger partial charge in [-0.05, 0) is 24.3 Å². The highest BCUT2D eigenvalue weighted by Gasteiger charge is 2.15. The summed E-state index contributed by atoms with van der Waals surface area (Å²) in [5.74, 6) is 0.423. The van der Waals surface area contributed by atoms with Crippen LogP contribution >= 0.6 is 0 Å². The van der Waals surface area contributed by atoms with Crippen LogP contribution < -0.4 is 39.3 Å². The van der Waals surface area contributed by atoms with Crippen molar-refractivity contribution in [2.45, 2.75) is 0 Å². The zero-order chi connectivity index (χ0) is 25.1. The molecular formula is C22H26N4O8. The summed E-state index contributed by atoms with van der Waals surface area (Å²) in [6.07, 6.45) is 2.63. The molecule has 0 unspecified atom stereocenters. The van der Waals surface area contributed by atoms with Crippen LogP contribution in [0.2, 0.25) is 0 Å².